The predicted molar refractivity (Wildman–Crippen MR) is 114 cm³/mol. The van der Waals surface area contributed by atoms with Gasteiger partial charge in [-0.25, -0.2) is 4.98 Å². The first kappa shape index (κ1) is 20.3. The van der Waals surface area contributed by atoms with Gasteiger partial charge in [-0.2, -0.15) is 0 Å². The largest absolute Gasteiger partial charge is 0.342 e. The van der Waals surface area contributed by atoms with Crippen molar-refractivity contribution in [3.05, 3.63) is 58.3 Å². The van der Waals surface area contributed by atoms with Crippen LogP contribution in [0.1, 0.15) is 30.5 Å². The van der Waals surface area contributed by atoms with Crippen molar-refractivity contribution in [2.45, 2.75) is 39.7 Å². The smallest absolute Gasteiger partial charge is 0.256 e. The summed E-state index contributed by atoms with van der Waals surface area (Å²) in [5, 5.41) is 0. The minimum Gasteiger partial charge on any atom is -0.342 e. The molecule has 1 unspecified atom stereocenters. The van der Waals surface area contributed by atoms with E-state index >= 15 is 0 Å². The molecule has 158 valence electrons. The highest BCUT2D eigenvalue weighted by atomic mass is 16.2. The summed E-state index contributed by atoms with van der Waals surface area (Å²) in [6.45, 7) is 6.09. The summed E-state index contributed by atoms with van der Waals surface area (Å²) in [6.07, 6.45) is 3.62. The molecule has 2 aromatic rings. The Morgan fingerprint density at radius 2 is 1.80 bits per heavy atom. The topological polar surface area (TPSA) is 75.5 Å². The first-order valence-electron chi connectivity index (χ1n) is 10.6. The van der Waals surface area contributed by atoms with Crippen LogP contribution in [0.2, 0.25) is 0 Å². The van der Waals surface area contributed by atoms with E-state index in [2.05, 4.69) is 4.98 Å². The molecule has 0 spiro atoms. The normalized spacial score (nSPS) is 20.1. The molecule has 30 heavy (non-hydrogen) atoms. The highest BCUT2D eigenvalue weighted by molar-refractivity contribution is 6.00. The Balaban J connectivity index is 1.33. The molecule has 4 rings (SSSR count). The molecule has 0 bridgehead atoms. The zero-order valence-corrected chi connectivity index (χ0v) is 17.6. The van der Waals surface area contributed by atoms with E-state index in [1.165, 1.54) is 0 Å². The van der Waals surface area contributed by atoms with Crippen molar-refractivity contribution in [2.24, 2.45) is 11.8 Å². The number of benzene rings is 1. The molecule has 0 radical (unpaired) electrons. The van der Waals surface area contributed by atoms with Crippen LogP contribution in [0.25, 0.3) is 0 Å². The molecule has 2 aliphatic heterocycles. The third kappa shape index (κ3) is 4.01. The molecule has 0 aliphatic carbocycles. The van der Waals surface area contributed by atoms with Gasteiger partial charge in [0.15, 0.2) is 0 Å². The van der Waals surface area contributed by atoms with Gasteiger partial charge in [0.25, 0.3) is 5.56 Å². The summed E-state index contributed by atoms with van der Waals surface area (Å²) in [7, 11) is 0. The molecular formula is C23H28N4O3. The van der Waals surface area contributed by atoms with Crippen molar-refractivity contribution in [1.29, 1.82) is 0 Å². The number of rotatable bonds is 4. The summed E-state index contributed by atoms with van der Waals surface area (Å²) < 4.78 is 1.69. The standard InChI is InChI=1S/C23H28N4O3/c1-16-17(2)24-15-26(22(16)29)13-18-8-10-25(11-9-18)23(30)19-12-21(28)27(14-19)20-6-4-3-5-7-20/h3-7,15,18-19H,8-14H2,1-2H3. The number of hydrogen-bond donors (Lipinski definition) is 0. The van der Waals surface area contributed by atoms with E-state index in [0.29, 0.717) is 37.7 Å². The molecule has 0 N–H and O–H groups in total. The quantitative estimate of drug-likeness (QED) is 0.777. The average Bonchev–Trinajstić information content (AvgIpc) is 3.16. The van der Waals surface area contributed by atoms with Gasteiger partial charge in [0.1, 0.15) is 0 Å². The Morgan fingerprint density at radius 3 is 2.50 bits per heavy atom. The zero-order chi connectivity index (χ0) is 21.3. The van der Waals surface area contributed by atoms with Crippen LogP contribution in [0, 0.1) is 25.7 Å². The minimum atomic E-state index is -0.277. The van der Waals surface area contributed by atoms with Crippen LogP contribution in [0.5, 0.6) is 0 Å². The second-order valence-corrected chi connectivity index (χ2v) is 8.42. The summed E-state index contributed by atoms with van der Waals surface area (Å²) in [4.78, 5) is 45.8. The summed E-state index contributed by atoms with van der Waals surface area (Å²) >= 11 is 0. The van der Waals surface area contributed by atoms with Crippen LogP contribution in [-0.2, 0) is 16.1 Å². The van der Waals surface area contributed by atoms with E-state index in [1.807, 2.05) is 49.1 Å². The maximum Gasteiger partial charge on any atom is 0.256 e. The molecule has 7 heteroatoms. The molecule has 2 fully saturated rings. The summed E-state index contributed by atoms with van der Waals surface area (Å²) in [6, 6.07) is 9.52. The Hall–Kier alpha value is -2.96. The van der Waals surface area contributed by atoms with E-state index in [0.717, 1.165) is 24.2 Å². The molecule has 1 aromatic heterocycles. The third-order valence-corrected chi connectivity index (χ3v) is 6.44. The van der Waals surface area contributed by atoms with Gasteiger partial charge >= 0.3 is 0 Å². The van der Waals surface area contributed by atoms with Gasteiger partial charge in [0.05, 0.1) is 12.2 Å². The maximum atomic E-state index is 13.0. The molecule has 0 saturated carbocycles. The summed E-state index contributed by atoms with van der Waals surface area (Å²) in [5.74, 6) is 0.156. The van der Waals surface area contributed by atoms with Gasteiger partial charge in [-0.1, -0.05) is 18.2 Å². The van der Waals surface area contributed by atoms with E-state index < -0.39 is 0 Å². The first-order chi connectivity index (χ1) is 14.4. The van der Waals surface area contributed by atoms with Crippen molar-refractivity contribution in [2.75, 3.05) is 24.5 Å². The number of hydrogen-bond acceptors (Lipinski definition) is 4. The number of anilines is 1. The lowest BCUT2D eigenvalue weighted by Gasteiger charge is -2.33. The molecule has 7 nitrogen and oxygen atoms in total. The Kier molecular flexibility index (Phi) is 5.70. The fourth-order valence-corrected chi connectivity index (χ4v) is 4.41. The molecule has 2 saturated heterocycles. The molecule has 2 aliphatic rings. The Labute approximate surface area is 176 Å². The number of nitrogens with zero attached hydrogens (tertiary/aromatic N) is 4. The van der Waals surface area contributed by atoms with Crippen molar-refractivity contribution in [1.82, 2.24) is 14.5 Å². The van der Waals surface area contributed by atoms with Gasteiger partial charge < -0.3 is 9.80 Å². The third-order valence-electron chi connectivity index (χ3n) is 6.44. The lowest BCUT2D eigenvalue weighted by atomic mass is 9.95. The van der Waals surface area contributed by atoms with Crippen LogP contribution < -0.4 is 10.5 Å². The number of aryl methyl sites for hydroxylation is 1. The van der Waals surface area contributed by atoms with E-state index in [9.17, 15) is 14.4 Å². The van der Waals surface area contributed by atoms with Crippen LogP contribution >= 0.6 is 0 Å². The number of amides is 2. The van der Waals surface area contributed by atoms with Crippen LogP contribution in [0.15, 0.2) is 41.5 Å². The van der Waals surface area contributed by atoms with E-state index in [-0.39, 0.29) is 29.7 Å². The number of carbonyl (C=O) groups is 2. The fourth-order valence-electron chi connectivity index (χ4n) is 4.41. The highest BCUT2D eigenvalue weighted by Gasteiger charge is 2.38. The Bertz CT molecular complexity index is 993. The predicted octanol–water partition coefficient (Wildman–Crippen LogP) is 2.15. The van der Waals surface area contributed by atoms with E-state index in [1.54, 1.807) is 15.8 Å². The number of para-hydroxylation sites is 1. The highest BCUT2D eigenvalue weighted by Crippen LogP contribution is 2.28. The minimum absolute atomic E-state index is 0.0102. The molecule has 2 amide bonds. The van der Waals surface area contributed by atoms with E-state index in [4.69, 9.17) is 0 Å². The van der Waals surface area contributed by atoms with Gasteiger partial charge in [-0.05, 0) is 44.7 Å². The lowest BCUT2D eigenvalue weighted by Crippen LogP contribution is -2.43. The van der Waals surface area contributed by atoms with Crippen LogP contribution in [-0.4, -0.2) is 45.9 Å². The van der Waals surface area contributed by atoms with Crippen LogP contribution in [0.4, 0.5) is 5.69 Å². The fraction of sp³-hybridized carbons (Fsp3) is 0.478. The van der Waals surface area contributed by atoms with Crippen molar-refractivity contribution in [3.63, 3.8) is 0 Å². The number of piperidine rings is 1. The van der Waals surface area contributed by atoms with Crippen LogP contribution in [0.3, 0.4) is 0 Å². The zero-order valence-electron chi connectivity index (χ0n) is 17.6. The second-order valence-electron chi connectivity index (χ2n) is 8.42. The van der Waals surface area contributed by atoms with Crippen molar-refractivity contribution < 1.29 is 9.59 Å². The first-order valence-corrected chi connectivity index (χ1v) is 10.6. The monoisotopic (exact) mass is 408 g/mol. The van der Waals surface area contributed by atoms with Gasteiger partial charge in [0.2, 0.25) is 11.8 Å². The van der Waals surface area contributed by atoms with Gasteiger partial charge in [0, 0.05) is 49.5 Å². The SMILES string of the molecule is Cc1ncn(CC2CCN(C(=O)C3CC(=O)N(c4ccccc4)C3)CC2)c(=O)c1C. The van der Waals surface area contributed by atoms with Gasteiger partial charge in [-0.15, -0.1) is 0 Å². The summed E-state index contributed by atoms with van der Waals surface area (Å²) in [5.41, 5.74) is 2.33. The number of likely N-dealkylation sites (tertiary alicyclic amines) is 1. The maximum absolute atomic E-state index is 13.0. The van der Waals surface area contributed by atoms with Crippen molar-refractivity contribution >= 4 is 17.5 Å². The molecular weight excluding hydrogens is 380 g/mol. The molecule has 3 heterocycles. The second kappa shape index (κ2) is 8.42. The molecule has 1 aromatic carbocycles. The number of carbonyl (C=O) groups excluding carboxylic acids is 2. The van der Waals surface area contributed by atoms with Gasteiger partial charge in [-0.3, -0.25) is 19.0 Å². The number of aromatic nitrogens is 2. The van der Waals surface area contributed by atoms with Crippen molar-refractivity contribution in [3.8, 4) is 0 Å². The Morgan fingerprint density at radius 1 is 1.10 bits per heavy atom. The lowest BCUT2D eigenvalue weighted by molar-refractivity contribution is -0.137. The molecule has 1 atom stereocenters. The average molecular weight is 409 g/mol.